The molecule has 0 saturated heterocycles. The first-order chi connectivity index (χ1) is 26.4. The van der Waals surface area contributed by atoms with Crippen molar-refractivity contribution in [3.63, 3.8) is 0 Å². The molecular weight excluding hydrogens is 716 g/mol. The molecule has 0 aliphatic heterocycles. The lowest BCUT2D eigenvalue weighted by Gasteiger charge is -2.23. The van der Waals surface area contributed by atoms with Gasteiger partial charge in [-0.3, -0.25) is 9.98 Å². The van der Waals surface area contributed by atoms with E-state index in [1.165, 1.54) is 48.8 Å². The normalized spacial score (nSPS) is 11.9. The molecule has 6 aromatic rings. The molecular formula is C44H40N2O10. The number of nitrogens with zero attached hydrogens (tertiary/aromatic N) is 2. The van der Waals surface area contributed by atoms with E-state index in [2.05, 4.69) is 9.98 Å². The number of aromatic hydroxyl groups is 6. The quantitative estimate of drug-likeness (QED) is 0.0515. The molecule has 0 aliphatic rings. The van der Waals surface area contributed by atoms with E-state index < -0.39 is 34.9 Å². The number of aryl methyl sites for hydroxylation is 2. The predicted octanol–water partition coefficient (Wildman–Crippen LogP) is 9.65. The van der Waals surface area contributed by atoms with Crippen molar-refractivity contribution in [2.45, 2.75) is 53.4 Å². The summed E-state index contributed by atoms with van der Waals surface area (Å²) < 4.78 is 0. The van der Waals surface area contributed by atoms with Gasteiger partial charge < -0.3 is 40.9 Å². The molecule has 0 aliphatic carbocycles. The number of carboxylic acids is 2. The van der Waals surface area contributed by atoms with E-state index in [4.69, 9.17) is 0 Å². The predicted molar refractivity (Wildman–Crippen MR) is 216 cm³/mol. The first-order valence-electron chi connectivity index (χ1n) is 17.7. The van der Waals surface area contributed by atoms with Crippen molar-refractivity contribution in [2.24, 2.45) is 9.98 Å². The summed E-state index contributed by atoms with van der Waals surface area (Å²) in [6.45, 7) is 10.7. The molecule has 0 saturated carbocycles. The highest BCUT2D eigenvalue weighted by Gasteiger charge is 2.29. The van der Waals surface area contributed by atoms with Crippen LogP contribution in [0, 0.1) is 13.8 Å². The molecule has 0 unspecified atom stereocenters. The number of phenols is 6. The van der Waals surface area contributed by atoms with Crippen LogP contribution in [0.5, 0.6) is 34.5 Å². The van der Waals surface area contributed by atoms with Gasteiger partial charge >= 0.3 is 11.9 Å². The number of carbonyl (C=O) groups is 2. The van der Waals surface area contributed by atoms with Crippen molar-refractivity contribution in [2.75, 3.05) is 0 Å². The van der Waals surface area contributed by atoms with E-state index in [1.54, 1.807) is 38.1 Å². The van der Waals surface area contributed by atoms with E-state index in [9.17, 15) is 50.4 Å². The Labute approximate surface area is 321 Å². The van der Waals surface area contributed by atoms with E-state index in [0.29, 0.717) is 33.0 Å². The summed E-state index contributed by atoms with van der Waals surface area (Å²) in [6, 6.07) is 15.0. The maximum atomic E-state index is 12.3. The number of aromatic carboxylic acids is 2. The first-order valence-corrected chi connectivity index (χ1v) is 17.7. The third kappa shape index (κ3) is 6.55. The van der Waals surface area contributed by atoms with Crippen LogP contribution < -0.4 is 0 Å². The van der Waals surface area contributed by atoms with Crippen molar-refractivity contribution in [3.05, 3.63) is 105 Å². The molecule has 0 atom stereocenters. The highest BCUT2D eigenvalue weighted by Crippen LogP contribution is 2.54. The minimum atomic E-state index is -1.16. The minimum absolute atomic E-state index is 0.0204. The Balaban J connectivity index is 1.70. The van der Waals surface area contributed by atoms with Gasteiger partial charge in [0, 0.05) is 45.5 Å². The fourth-order valence-electron chi connectivity index (χ4n) is 7.34. The molecule has 6 aromatic carbocycles. The smallest absolute Gasteiger partial charge is 0.335 e. The van der Waals surface area contributed by atoms with Gasteiger partial charge in [0.25, 0.3) is 0 Å². The van der Waals surface area contributed by atoms with Gasteiger partial charge in [0.15, 0.2) is 23.0 Å². The second-order valence-electron chi connectivity index (χ2n) is 14.3. The molecule has 0 fully saturated rings. The summed E-state index contributed by atoms with van der Waals surface area (Å²) in [7, 11) is 0. The van der Waals surface area contributed by atoms with Crippen LogP contribution in [-0.2, 0) is 0 Å². The summed E-state index contributed by atoms with van der Waals surface area (Å²) in [4.78, 5) is 32.0. The molecule has 286 valence electrons. The third-order valence-electron chi connectivity index (χ3n) is 9.86. The van der Waals surface area contributed by atoms with Gasteiger partial charge in [0.2, 0.25) is 0 Å². The number of carboxylic acid groups (broad SMARTS) is 2. The van der Waals surface area contributed by atoms with Crippen molar-refractivity contribution < 1.29 is 50.4 Å². The van der Waals surface area contributed by atoms with Crippen LogP contribution in [0.3, 0.4) is 0 Å². The van der Waals surface area contributed by atoms with Crippen LogP contribution in [0.25, 0.3) is 32.7 Å². The lowest BCUT2D eigenvalue weighted by Crippen LogP contribution is -2.01. The van der Waals surface area contributed by atoms with Crippen molar-refractivity contribution in [1.29, 1.82) is 0 Å². The van der Waals surface area contributed by atoms with Gasteiger partial charge in [0.1, 0.15) is 11.5 Å². The monoisotopic (exact) mass is 756 g/mol. The Kier molecular flexibility index (Phi) is 10.1. The van der Waals surface area contributed by atoms with Gasteiger partial charge in [-0.1, -0.05) is 52.0 Å². The van der Waals surface area contributed by atoms with E-state index in [0.717, 1.165) is 0 Å². The van der Waals surface area contributed by atoms with Gasteiger partial charge in [-0.25, -0.2) is 9.59 Å². The zero-order chi connectivity index (χ0) is 40.9. The molecule has 0 bridgehead atoms. The second-order valence-corrected chi connectivity index (χ2v) is 14.3. The van der Waals surface area contributed by atoms with Crippen LogP contribution in [0.4, 0.5) is 11.4 Å². The number of hydrogen-bond donors (Lipinski definition) is 8. The highest BCUT2D eigenvalue weighted by atomic mass is 16.4. The Bertz CT molecular complexity index is 2510. The lowest BCUT2D eigenvalue weighted by atomic mass is 9.83. The first kappa shape index (κ1) is 38.6. The number of rotatable bonds is 9. The Morgan fingerprint density at radius 3 is 1.21 bits per heavy atom. The molecule has 0 radical (unpaired) electrons. The lowest BCUT2D eigenvalue weighted by molar-refractivity contribution is 0.0686. The van der Waals surface area contributed by atoms with Gasteiger partial charge in [-0.05, 0) is 84.0 Å². The largest absolute Gasteiger partial charge is 0.507 e. The average Bonchev–Trinajstić information content (AvgIpc) is 3.13. The number of benzene rings is 6. The number of fused-ring (bicyclic) bond motifs is 2. The maximum absolute atomic E-state index is 12.3. The van der Waals surface area contributed by atoms with Crippen LogP contribution in [0.15, 0.2) is 70.6 Å². The molecule has 12 heteroatoms. The molecule has 0 aromatic heterocycles. The van der Waals surface area contributed by atoms with Gasteiger partial charge in [0.05, 0.1) is 33.6 Å². The average molecular weight is 757 g/mol. The van der Waals surface area contributed by atoms with Gasteiger partial charge in [-0.15, -0.1) is 0 Å². The van der Waals surface area contributed by atoms with Crippen molar-refractivity contribution >= 4 is 57.3 Å². The summed E-state index contributed by atoms with van der Waals surface area (Å²) in [5, 5.41) is 90.0. The molecule has 0 spiro atoms. The zero-order valence-corrected chi connectivity index (χ0v) is 31.4. The zero-order valence-electron chi connectivity index (χ0n) is 31.4. The fraction of sp³-hybridized carbons (Fsp3) is 0.182. The van der Waals surface area contributed by atoms with E-state index in [1.807, 2.05) is 27.7 Å². The number of phenolic OH excluding ortho intramolecular Hbond substituents is 6. The van der Waals surface area contributed by atoms with E-state index >= 15 is 0 Å². The summed E-state index contributed by atoms with van der Waals surface area (Å²) in [5.41, 5.74) is 2.24. The maximum Gasteiger partial charge on any atom is 0.335 e. The fourth-order valence-corrected chi connectivity index (χ4v) is 7.34. The third-order valence-corrected chi connectivity index (χ3v) is 9.86. The highest BCUT2D eigenvalue weighted by molar-refractivity contribution is 6.15. The summed E-state index contributed by atoms with van der Waals surface area (Å²) >= 11 is 0. The topological polar surface area (TPSA) is 221 Å². The Hall–Kier alpha value is -7.08. The van der Waals surface area contributed by atoms with Crippen LogP contribution in [0.1, 0.15) is 93.6 Å². The van der Waals surface area contributed by atoms with Crippen molar-refractivity contribution in [3.8, 4) is 45.6 Å². The number of hydrogen-bond acceptors (Lipinski definition) is 10. The molecule has 56 heavy (non-hydrogen) atoms. The SMILES string of the molecule is Cc1cc2c(C(C)C)c(O)c(O)c(C=Nc3cccc(C(=O)O)c3)c2c(O)c1-c1c(C)cc2c(C(C)C)c(O)c(O)c(C=Nc3cccc(C(=O)O)c3)c2c1O. The van der Waals surface area contributed by atoms with Crippen LogP contribution in [0.2, 0.25) is 0 Å². The molecule has 0 heterocycles. The van der Waals surface area contributed by atoms with Crippen LogP contribution in [-0.4, -0.2) is 65.2 Å². The molecule has 6 rings (SSSR count). The second kappa shape index (κ2) is 14.6. The number of aliphatic imine (C=N–C) groups is 2. The van der Waals surface area contributed by atoms with E-state index in [-0.39, 0.29) is 78.9 Å². The Morgan fingerprint density at radius 1 is 0.536 bits per heavy atom. The molecule has 8 N–H and O–H groups in total. The summed E-state index contributed by atoms with van der Waals surface area (Å²) in [6.07, 6.45) is 2.44. The molecule has 0 amide bonds. The standard InChI is InChI=1S/C44H40N2O10/c1-19(2)31-27-13-21(5)33(39(49)35(27)29(37(47)41(31)51)17-45-25-11-7-9-23(15-25)43(53)54)34-22(6)14-28-32(20(3)4)42(52)38(48)30(36(28)40(34)50)18-46-26-12-8-10-24(16-26)44(55)56/h7-20,47-52H,1-6H3,(H,53,54)(H,55,56). The minimum Gasteiger partial charge on any atom is -0.507 e. The van der Waals surface area contributed by atoms with Gasteiger partial charge in [-0.2, -0.15) is 0 Å². The molecule has 12 nitrogen and oxygen atoms in total. The summed E-state index contributed by atoms with van der Waals surface area (Å²) in [5.74, 6) is -5.71. The Morgan fingerprint density at radius 2 is 0.893 bits per heavy atom. The van der Waals surface area contributed by atoms with Crippen molar-refractivity contribution in [1.82, 2.24) is 0 Å². The van der Waals surface area contributed by atoms with Crippen LogP contribution >= 0.6 is 0 Å².